The summed E-state index contributed by atoms with van der Waals surface area (Å²) in [5.41, 5.74) is 1.99. The van der Waals surface area contributed by atoms with E-state index in [1.165, 1.54) is 31.0 Å². The van der Waals surface area contributed by atoms with Crippen LogP contribution in [0, 0.1) is 5.92 Å². The third-order valence-corrected chi connectivity index (χ3v) is 5.48. The van der Waals surface area contributed by atoms with Crippen molar-refractivity contribution in [2.75, 3.05) is 5.75 Å². The predicted octanol–water partition coefficient (Wildman–Crippen LogP) is 4.16. The molecule has 1 aliphatic rings. The molecule has 2 aromatic rings. The lowest BCUT2D eigenvalue weighted by molar-refractivity contribution is -0.121. The van der Waals surface area contributed by atoms with E-state index in [2.05, 4.69) is 21.8 Å². The molecule has 0 bridgehead atoms. The van der Waals surface area contributed by atoms with E-state index in [1.54, 1.807) is 12.4 Å². The third-order valence-electron chi connectivity index (χ3n) is 4.49. The summed E-state index contributed by atoms with van der Waals surface area (Å²) >= 11 is 1.49. The summed E-state index contributed by atoms with van der Waals surface area (Å²) < 4.78 is 2.04. The lowest BCUT2D eigenvalue weighted by Crippen LogP contribution is -2.19. The average Bonchev–Trinajstić information content (AvgIpc) is 3.03. The van der Waals surface area contributed by atoms with E-state index < -0.39 is 0 Å². The fraction of sp³-hybridized carbons (Fsp3) is 0.474. The molecule has 0 amide bonds. The van der Waals surface area contributed by atoms with Crippen LogP contribution in [-0.4, -0.2) is 31.3 Å². The van der Waals surface area contributed by atoms with Gasteiger partial charge in [-0.3, -0.25) is 14.3 Å². The molecule has 1 fully saturated rings. The minimum Gasteiger partial charge on any atom is -0.298 e. The van der Waals surface area contributed by atoms with Crippen molar-refractivity contribution in [3.8, 4) is 11.4 Å². The quantitative estimate of drug-likeness (QED) is 0.551. The maximum atomic E-state index is 12.5. The molecule has 3 rings (SSSR count). The molecule has 25 heavy (non-hydrogen) atoms. The first-order chi connectivity index (χ1) is 12.1. The van der Waals surface area contributed by atoms with Gasteiger partial charge in [0, 0.05) is 30.4 Å². The van der Waals surface area contributed by atoms with Crippen molar-refractivity contribution in [1.82, 2.24) is 19.7 Å². The Kier molecular flexibility index (Phi) is 6.02. The first kappa shape index (κ1) is 17.9. The first-order valence-corrected chi connectivity index (χ1v) is 9.77. The van der Waals surface area contributed by atoms with Gasteiger partial charge in [-0.25, -0.2) is 0 Å². The third kappa shape index (κ3) is 4.57. The van der Waals surface area contributed by atoms with E-state index in [1.807, 2.05) is 23.6 Å². The Bertz CT molecular complexity index is 735. The Hall–Kier alpha value is -1.95. The molecular weight excluding hydrogens is 332 g/mol. The number of thioether (sulfide) groups is 1. The van der Waals surface area contributed by atoms with Crippen molar-refractivity contribution < 1.29 is 4.79 Å². The molecular formula is C19H24N4OS. The Morgan fingerprint density at radius 2 is 1.96 bits per heavy atom. The van der Waals surface area contributed by atoms with Gasteiger partial charge in [-0.2, -0.15) is 0 Å². The van der Waals surface area contributed by atoms with Crippen LogP contribution >= 0.6 is 11.8 Å². The first-order valence-electron chi connectivity index (χ1n) is 8.78. The Labute approximate surface area is 153 Å². The lowest BCUT2D eigenvalue weighted by atomic mass is 9.87. The summed E-state index contributed by atoms with van der Waals surface area (Å²) in [4.78, 5) is 16.5. The average molecular weight is 356 g/mol. The number of ketones is 1. The van der Waals surface area contributed by atoms with Crippen molar-refractivity contribution >= 4 is 17.5 Å². The van der Waals surface area contributed by atoms with Crippen LogP contribution in [0.1, 0.15) is 39.0 Å². The van der Waals surface area contributed by atoms with E-state index in [0.29, 0.717) is 18.1 Å². The Morgan fingerprint density at radius 3 is 2.64 bits per heavy atom. The molecule has 1 saturated carbocycles. The second-order valence-corrected chi connectivity index (χ2v) is 7.62. The summed E-state index contributed by atoms with van der Waals surface area (Å²) in [7, 11) is 0. The second kappa shape index (κ2) is 8.43. The molecule has 0 saturated heterocycles. The minimum atomic E-state index is 0.235. The normalized spacial score (nSPS) is 15.2. The Balaban J connectivity index is 1.75. The summed E-state index contributed by atoms with van der Waals surface area (Å²) in [5.74, 6) is 1.84. The van der Waals surface area contributed by atoms with Crippen molar-refractivity contribution in [3.63, 3.8) is 0 Å². The number of allylic oxidation sites excluding steroid dienone is 1. The maximum absolute atomic E-state index is 12.5. The molecule has 0 aliphatic heterocycles. The molecule has 0 atom stereocenters. The summed E-state index contributed by atoms with van der Waals surface area (Å²) in [5, 5.41) is 9.44. The van der Waals surface area contributed by atoms with Crippen molar-refractivity contribution in [2.45, 2.75) is 50.7 Å². The SMILES string of the molecule is C=C(C)Cn1c(SCC(=O)C2CCCCC2)nnc1-c1ccncc1. The van der Waals surface area contributed by atoms with Crippen LogP contribution in [0.25, 0.3) is 11.4 Å². The lowest BCUT2D eigenvalue weighted by Gasteiger charge is -2.19. The number of nitrogens with zero attached hydrogens (tertiary/aromatic N) is 4. The number of pyridine rings is 1. The van der Waals surface area contributed by atoms with E-state index in [9.17, 15) is 4.79 Å². The van der Waals surface area contributed by atoms with E-state index in [-0.39, 0.29) is 5.92 Å². The predicted molar refractivity (Wildman–Crippen MR) is 100 cm³/mol. The molecule has 0 aromatic carbocycles. The molecule has 1 aliphatic carbocycles. The number of hydrogen-bond acceptors (Lipinski definition) is 5. The minimum absolute atomic E-state index is 0.235. The highest BCUT2D eigenvalue weighted by Gasteiger charge is 2.22. The fourth-order valence-corrected chi connectivity index (χ4v) is 4.11. The highest BCUT2D eigenvalue weighted by Crippen LogP contribution is 2.28. The van der Waals surface area contributed by atoms with E-state index >= 15 is 0 Å². The van der Waals surface area contributed by atoms with Gasteiger partial charge in [0.2, 0.25) is 0 Å². The molecule has 2 heterocycles. The van der Waals surface area contributed by atoms with Crippen LogP contribution in [0.5, 0.6) is 0 Å². The van der Waals surface area contributed by atoms with Crippen LogP contribution in [0.4, 0.5) is 0 Å². The standard InChI is InChI=1S/C19H24N4OS/c1-14(2)12-23-18(16-8-10-20-11-9-16)21-22-19(23)25-13-17(24)15-6-4-3-5-7-15/h8-11,15H,1,3-7,12-13H2,2H3. The van der Waals surface area contributed by atoms with Crippen LogP contribution in [-0.2, 0) is 11.3 Å². The fourth-order valence-electron chi connectivity index (χ4n) is 3.20. The number of Topliss-reactive ketones (excluding diaryl/α,β-unsaturated/α-hetero) is 1. The van der Waals surface area contributed by atoms with Gasteiger partial charge in [0.25, 0.3) is 0 Å². The zero-order chi connectivity index (χ0) is 17.6. The monoisotopic (exact) mass is 356 g/mol. The molecule has 6 heteroatoms. The van der Waals surface area contributed by atoms with Crippen molar-refractivity contribution in [2.24, 2.45) is 5.92 Å². The number of hydrogen-bond donors (Lipinski definition) is 0. The van der Waals surface area contributed by atoms with Gasteiger partial charge in [0.1, 0.15) is 5.78 Å². The maximum Gasteiger partial charge on any atom is 0.192 e. The largest absolute Gasteiger partial charge is 0.298 e. The number of aromatic nitrogens is 4. The number of rotatable bonds is 7. The van der Waals surface area contributed by atoms with Crippen LogP contribution in [0.2, 0.25) is 0 Å². The smallest absolute Gasteiger partial charge is 0.192 e. The molecule has 0 N–H and O–H groups in total. The topological polar surface area (TPSA) is 60.7 Å². The van der Waals surface area contributed by atoms with E-state index in [4.69, 9.17) is 0 Å². The van der Waals surface area contributed by atoms with Crippen LogP contribution in [0.3, 0.4) is 0 Å². The zero-order valence-corrected chi connectivity index (χ0v) is 15.5. The summed E-state index contributed by atoms with van der Waals surface area (Å²) in [6.45, 7) is 6.64. The number of carbonyl (C=O) groups excluding carboxylic acids is 1. The van der Waals surface area contributed by atoms with Gasteiger partial charge in [-0.1, -0.05) is 43.2 Å². The highest BCUT2D eigenvalue weighted by atomic mass is 32.2. The second-order valence-electron chi connectivity index (χ2n) is 6.68. The Morgan fingerprint density at radius 1 is 1.24 bits per heavy atom. The molecule has 0 radical (unpaired) electrons. The summed E-state index contributed by atoms with van der Waals surface area (Å²) in [6, 6.07) is 3.83. The van der Waals surface area contributed by atoms with Gasteiger partial charge >= 0.3 is 0 Å². The van der Waals surface area contributed by atoms with Gasteiger partial charge in [-0.15, -0.1) is 10.2 Å². The van der Waals surface area contributed by atoms with E-state index in [0.717, 1.165) is 35.0 Å². The molecule has 0 unspecified atom stereocenters. The van der Waals surface area contributed by atoms with Crippen molar-refractivity contribution in [1.29, 1.82) is 0 Å². The van der Waals surface area contributed by atoms with Crippen molar-refractivity contribution in [3.05, 3.63) is 36.7 Å². The molecule has 5 nitrogen and oxygen atoms in total. The highest BCUT2D eigenvalue weighted by molar-refractivity contribution is 7.99. The molecule has 2 aromatic heterocycles. The zero-order valence-electron chi connectivity index (χ0n) is 14.6. The van der Waals surface area contributed by atoms with Crippen LogP contribution < -0.4 is 0 Å². The van der Waals surface area contributed by atoms with Gasteiger partial charge in [-0.05, 0) is 31.9 Å². The molecule has 132 valence electrons. The van der Waals surface area contributed by atoms with Gasteiger partial charge in [0.15, 0.2) is 11.0 Å². The molecule has 0 spiro atoms. The summed E-state index contributed by atoms with van der Waals surface area (Å²) in [6.07, 6.45) is 9.20. The number of carbonyl (C=O) groups is 1. The van der Waals surface area contributed by atoms with Crippen LogP contribution in [0.15, 0.2) is 41.8 Å². The van der Waals surface area contributed by atoms with Gasteiger partial charge < -0.3 is 0 Å². The van der Waals surface area contributed by atoms with Gasteiger partial charge in [0.05, 0.1) is 5.75 Å².